The molecule has 0 radical (unpaired) electrons. The number of methoxy groups -OCH3 is 1. The number of guanidine groups is 1. The predicted molar refractivity (Wildman–Crippen MR) is 116 cm³/mol. The zero-order valence-corrected chi connectivity index (χ0v) is 18.4. The molecule has 1 amide bonds. The molecule has 1 saturated heterocycles. The van der Waals surface area contributed by atoms with Crippen molar-refractivity contribution in [1.82, 2.24) is 10.2 Å². The lowest BCUT2D eigenvalue weighted by Gasteiger charge is -2.35. The molecule has 3 N–H and O–H groups in total. The number of nitrogens with zero attached hydrogens (tertiary/aromatic N) is 2. The maximum Gasteiger partial charge on any atom is 0.217 e. The molecule has 8 heteroatoms. The number of carbonyl (C=O) groups excluding carboxylic acids is 1. The molecule has 0 saturated carbocycles. The van der Waals surface area contributed by atoms with Crippen LogP contribution in [0.3, 0.4) is 0 Å². The van der Waals surface area contributed by atoms with Gasteiger partial charge in [-0.3, -0.25) is 9.79 Å². The van der Waals surface area contributed by atoms with Crippen molar-refractivity contribution in [2.24, 2.45) is 16.6 Å². The molecule has 2 unspecified atom stereocenters. The molecule has 26 heavy (non-hydrogen) atoms. The SMILES string of the molecule is CN=C(NCC(OC)c1cccc(Cl)c1)N1CCCC(CC(N)=O)C1.I. The molecule has 0 bridgehead atoms. The first kappa shape index (κ1) is 23.0. The molecule has 1 aliphatic heterocycles. The van der Waals surface area contributed by atoms with Crippen LogP contribution in [0.25, 0.3) is 0 Å². The Morgan fingerprint density at radius 1 is 1.54 bits per heavy atom. The van der Waals surface area contributed by atoms with Crippen molar-refractivity contribution in [2.45, 2.75) is 25.4 Å². The monoisotopic (exact) mass is 494 g/mol. The average Bonchev–Trinajstić information content (AvgIpc) is 2.58. The van der Waals surface area contributed by atoms with Gasteiger partial charge >= 0.3 is 0 Å². The quantitative estimate of drug-likeness (QED) is 0.362. The molecule has 146 valence electrons. The van der Waals surface area contributed by atoms with Gasteiger partial charge in [-0.05, 0) is 36.5 Å². The number of hydrogen-bond acceptors (Lipinski definition) is 3. The van der Waals surface area contributed by atoms with Gasteiger partial charge in [0, 0.05) is 45.2 Å². The van der Waals surface area contributed by atoms with Crippen LogP contribution in [0, 0.1) is 5.92 Å². The Morgan fingerprint density at radius 3 is 2.92 bits per heavy atom. The van der Waals surface area contributed by atoms with Crippen molar-refractivity contribution in [3.05, 3.63) is 34.9 Å². The molecular formula is C18H28ClIN4O2. The van der Waals surface area contributed by atoms with Crippen LogP contribution >= 0.6 is 35.6 Å². The summed E-state index contributed by atoms with van der Waals surface area (Å²) >= 11 is 6.07. The van der Waals surface area contributed by atoms with Crippen LogP contribution in [0.15, 0.2) is 29.3 Å². The Morgan fingerprint density at radius 2 is 2.31 bits per heavy atom. The molecule has 0 spiro atoms. The molecule has 6 nitrogen and oxygen atoms in total. The molecule has 1 aliphatic rings. The third-order valence-corrected chi connectivity index (χ3v) is 4.71. The van der Waals surface area contributed by atoms with Crippen molar-refractivity contribution >= 4 is 47.4 Å². The van der Waals surface area contributed by atoms with E-state index in [0.717, 1.165) is 37.5 Å². The fourth-order valence-electron chi connectivity index (χ4n) is 3.27. The van der Waals surface area contributed by atoms with E-state index in [1.54, 1.807) is 14.2 Å². The number of primary amides is 1. The number of benzene rings is 1. The highest BCUT2D eigenvalue weighted by Crippen LogP contribution is 2.21. The van der Waals surface area contributed by atoms with E-state index in [1.165, 1.54) is 0 Å². The van der Waals surface area contributed by atoms with Gasteiger partial charge in [-0.25, -0.2) is 0 Å². The Bertz CT molecular complexity index is 615. The minimum atomic E-state index is -0.241. The van der Waals surface area contributed by atoms with Gasteiger partial charge in [0.05, 0.1) is 6.10 Å². The van der Waals surface area contributed by atoms with Crippen LogP contribution in [0.2, 0.25) is 5.02 Å². The lowest BCUT2D eigenvalue weighted by atomic mass is 9.95. The van der Waals surface area contributed by atoms with Crippen LogP contribution < -0.4 is 11.1 Å². The number of piperidine rings is 1. The summed E-state index contributed by atoms with van der Waals surface area (Å²) in [4.78, 5) is 17.7. The van der Waals surface area contributed by atoms with Gasteiger partial charge in [0.2, 0.25) is 5.91 Å². The standard InChI is InChI=1S/C18H27ClN4O2.HI/c1-21-18(23-8-4-5-13(12-23)9-17(20)24)22-11-16(25-2)14-6-3-7-15(19)10-14;/h3,6-7,10,13,16H,4-5,8-9,11-12H2,1-2H3,(H2,20,24)(H,21,22);1H. The second-order valence-corrected chi connectivity index (χ2v) is 6.77. The molecule has 1 heterocycles. The predicted octanol–water partition coefficient (Wildman–Crippen LogP) is 2.81. The van der Waals surface area contributed by atoms with E-state index in [9.17, 15) is 4.79 Å². The molecule has 0 aromatic heterocycles. The summed E-state index contributed by atoms with van der Waals surface area (Å²) in [5.74, 6) is 0.865. The minimum absolute atomic E-state index is 0. The highest BCUT2D eigenvalue weighted by Gasteiger charge is 2.24. The highest BCUT2D eigenvalue weighted by molar-refractivity contribution is 14.0. The summed E-state index contributed by atoms with van der Waals surface area (Å²) in [6, 6.07) is 7.66. The van der Waals surface area contributed by atoms with E-state index < -0.39 is 0 Å². The zero-order valence-electron chi connectivity index (χ0n) is 15.3. The average molecular weight is 495 g/mol. The molecular weight excluding hydrogens is 467 g/mol. The number of amides is 1. The second kappa shape index (κ2) is 11.6. The van der Waals surface area contributed by atoms with Crippen molar-refractivity contribution in [3.8, 4) is 0 Å². The number of halogens is 2. The zero-order chi connectivity index (χ0) is 18.2. The number of rotatable bonds is 6. The van der Waals surface area contributed by atoms with Crippen LogP contribution in [0.4, 0.5) is 0 Å². The Balaban J connectivity index is 0.00000338. The van der Waals surface area contributed by atoms with E-state index in [4.69, 9.17) is 22.1 Å². The lowest BCUT2D eigenvalue weighted by Crippen LogP contribution is -2.48. The van der Waals surface area contributed by atoms with Gasteiger partial charge in [0.15, 0.2) is 5.96 Å². The first-order valence-corrected chi connectivity index (χ1v) is 8.93. The van der Waals surface area contributed by atoms with Gasteiger partial charge in [0.25, 0.3) is 0 Å². The number of aliphatic imine (C=N–C) groups is 1. The van der Waals surface area contributed by atoms with E-state index >= 15 is 0 Å². The summed E-state index contributed by atoms with van der Waals surface area (Å²) in [6.07, 6.45) is 2.36. The molecule has 0 aliphatic carbocycles. The molecule has 1 aromatic carbocycles. The normalized spacial score (nSPS) is 18.8. The first-order chi connectivity index (χ1) is 12.0. The van der Waals surface area contributed by atoms with Crippen LogP contribution in [0.5, 0.6) is 0 Å². The topological polar surface area (TPSA) is 80.0 Å². The van der Waals surface area contributed by atoms with Crippen LogP contribution in [-0.2, 0) is 9.53 Å². The summed E-state index contributed by atoms with van der Waals surface area (Å²) in [5, 5.41) is 4.06. The fourth-order valence-corrected chi connectivity index (χ4v) is 3.47. The van der Waals surface area contributed by atoms with Crippen molar-refractivity contribution in [1.29, 1.82) is 0 Å². The molecule has 1 aromatic rings. The van der Waals surface area contributed by atoms with E-state index in [-0.39, 0.29) is 41.9 Å². The van der Waals surface area contributed by atoms with Gasteiger partial charge in [0.1, 0.15) is 0 Å². The van der Waals surface area contributed by atoms with Gasteiger partial charge in [-0.15, -0.1) is 24.0 Å². The maximum absolute atomic E-state index is 11.2. The van der Waals surface area contributed by atoms with Gasteiger partial charge in [-0.2, -0.15) is 0 Å². The third kappa shape index (κ3) is 6.92. The van der Waals surface area contributed by atoms with E-state index in [1.807, 2.05) is 24.3 Å². The number of ether oxygens (including phenoxy) is 1. The van der Waals surface area contributed by atoms with Gasteiger partial charge < -0.3 is 20.7 Å². The van der Waals surface area contributed by atoms with Crippen LogP contribution in [-0.4, -0.2) is 50.6 Å². The molecule has 2 atom stereocenters. The smallest absolute Gasteiger partial charge is 0.217 e. The Kier molecular flexibility index (Phi) is 10.3. The Labute approximate surface area is 177 Å². The highest BCUT2D eigenvalue weighted by atomic mass is 127. The second-order valence-electron chi connectivity index (χ2n) is 6.33. The molecule has 1 fully saturated rings. The number of likely N-dealkylation sites (tertiary alicyclic amines) is 1. The first-order valence-electron chi connectivity index (χ1n) is 8.55. The summed E-state index contributed by atoms with van der Waals surface area (Å²) < 4.78 is 5.59. The van der Waals surface area contributed by atoms with E-state index in [2.05, 4.69) is 15.2 Å². The van der Waals surface area contributed by atoms with E-state index in [0.29, 0.717) is 18.0 Å². The summed E-state index contributed by atoms with van der Waals surface area (Å²) in [6.45, 7) is 2.29. The largest absolute Gasteiger partial charge is 0.375 e. The van der Waals surface area contributed by atoms with Gasteiger partial charge in [-0.1, -0.05) is 23.7 Å². The third-order valence-electron chi connectivity index (χ3n) is 4.47. The minimum Gasteiger partial charge on any atom is -0.375 e. The number of nitrogens with one attached hydrogen (secondary N) is 1. The summed E-state index contributed by atoms with van der Waals surface area (Å²) in [7, 11) is 3.45. The van der Waals surface area contributed by atoms with Crippen molar-refractivity contribution in [2.75, 3.05) is 33.8 Å². The Hall–Kier alpha value is -1.06. The lowest BCUT2D eigenvalue weighted by molar-refractivity contribution is -0.119. The van der Waals surface area contributed by atoms with Crippen molar-refractivity contribution < 1.29 is 9.53 Å². The number of hydrogen-bond donors (Lipinski definition) is 2. The maximum atomic E-state index is 11.2. The number of carbonyl (C=O) groups is 1. The van der Waals surface area contributed by atoms with Crippen molar-refractivity contribution in [3.63, 3.8) is 0 Å². The van der Waals surface area contributed by atoms with Crippen LogP contribution in [0.1, 0.15) is 30.9 Å². The number of nitrogens with two attached hydrogens (primary N) is 1. The molecule has 2 rings (SSSR count). The fraction of sp³-hybridized carbons (Fsp3) is 0.556. The summed E-state index contributed by atoms with van der Waals surface area (Å²) in [5.41, 5.74) is 6.36.